The van der Waals surface area contributed by atoms with Gasteiger partial charge in [-0.1, -0.05) is 17.2 Å². The van der Waals surface area contributed by atoms with E-state index in [0.717, 1.165) is 31.9 Å². The van der Waals surface area contributed by atoms with Crippen molar-refractivity contribution in [1.82, 2.24) is 0 Å². The van der Waals surface area contributed by atoms with Crippen LogP contribution in [0.4, 0.5) is 5.69 Å². The van der Waals surface area contributed by atoms with Crippen LogP contribution in [0, 0.1) is 0 Å². The van der Waals surface area contributed by atoms with E-state index in [1.165, 1.54) is 5.69 Å². The summed E-state index contributed by atoms with van der Waals surface area (Å²) in [6, 6.07) is 8.11. The molecule has 1 aromatic rings. The van der Waals surface area contributed by atoms with Gasteiger partial charge in [0.15, 0.2) is 0 Å². The summed E-state index contributed by atoms with van der Waals surface area (Å²) in [4.78, 5) is 5.05. The van der Waals surface area contributed by atoms with E-state index >= 15 is 0 Å². The Morgan fingerprint density at radius 3 is 2.94 bits per heavy atom. The topological polar surface area (TPSA) is 61.2 Å². The molecule has 1 aliphatic rings. The number of rotatable bonds is 3. The van der Waals surface area contributed by atoms with Gasteiger partial charge in [-0.05, 0) is 23.2 Å². The zero-order valence-corrected chi connectivity index (χ0v) is 9.04. The van der Waals surface area contributed by atoms with E-state index in [9.17, 15) is 0 Å². The molecule has 1 saturated heterocycles. The predicted molar refractivity (Wildman–Crippen MR) is 62.3 cm³/mol. The molecule has 0 saturated carbocycles. The van der Waals surface area contributed by atoms with Gasteiger partial charge in [0.05, 0.1) is 19.8 Å². The molecule has 84 valence electrons. The zero-order valence-electron chi connectivity index (χ0n) is 9.04. The molecular weight excluding hydrogens is 204 g/mol. The summed E-state index contributed by atoms with van der Waals surface area (Å²) in [5.41, 5.74) is 10.5. The second-order valence-corrected chi connectivity index (χ2v) is 3.66. The minimum atomic E-state index is 0.411. The van der Waals surface area contributed by atoms with E-state index in [2.05, 4.69) is 27.1 Å². The normalized spacial score (nSPS) is 15.6. The van der Waals surface area contributed by atoms with Gasteiger partial charge >= 0.3 is 0 Å². The van der Waals surface area contributed by atoms with E-state index < -0.39 is 0 Å². The lowest BCUT2D eigenvalue weighted by atomic mass is 10.2. The number of hydrogen-bond acceptors (Lipinski definition) is 3. The number of benzene rings is 1. The SMILES string of the molecule is [N-]=[N+]=NCc1cccc(N2CCOCC2)c1. The van der Waals surface area contributed by atoms with Crippen molar-refractivity contribution in [2.24, 2.45) is 5.11 Å². The second-order valence-electron chi connectivity index (χ2n) is 3.66. The summed E-state index contributed by atoms with van der Waals surface area (Å²) in [6.07, 6.45) is 0. The van der Waals surface area contributed by atoms with Gasteiger partial charge in [-0.3, -0.25) is 0 Å². The van der Waals surface area contributed by atoms with Gasteiger partial charge in [0.2, 0.25) is 0 Å². The van der Waals surface area contributed by atoms with Crippen molar-refractivity contribution < 1.29 is 4.74 Å². The molecule has 16 heavy (non-hydrogen) atoms. The van der Waals surface area contributed by atoms with Crippen LogP contribution in [0.25, 0.3) is 10.4 Å². The Labute approximate surface area is 94.3 Å². The summed E-state index contributed by atoms with van der Waals surface area (Å²) < 4.78 is 5.31. The van der Waals surface area contributed by atoms with E-state index in [1.54, 1.807) is 0 Å². The molecule has 0 N–H and O–H groups in total. The van der Waals surface area contributed by atoms with Crippen LogP contribution in [0.2, 0.25) is 0 Å². The van der Waals surface area contributed by atoms with Gasteiger partial charge in [0.1, 0.15) is 0 Å². The lowest BCUT2D eigenvalue weighted by molar-refractivity contribution is 0.122. The molecule has 0 spiro atoms. The summed E-state index contributed by atoms with van der Waals surface area (Å²) in [5, 5.41) is 3.57. The van der Waals surface area contributed by atoms with Gasteiger partial charge < -0.3 is 9.64 Å². The average molecular weight is 218 g/mol. The minimum Gasteiger partial charge on any atom is -0.378 e. The predicted octanol–water partition coefficient (Wildman–Crippen LogP) is 2.33. The lowest BCUT2D eigenvalue weighted by Crippen LogP contribution is -2.36. The number of ether oxygens (including phenoxy) is 1. The van der Waals surface area contributed by atoms with Crippen LogP contribution in [-0.4, -0.2) is 26.3 Å². The molecule has 0 aliphatic carbocycles. The van der Waals surface area contributed by atoms with Gasteiger partial charge in [-0.2, -0.15) is 0 Å². The van der Waals surface area contributed by atoms with Gasteiger partial charge in [-0.25, -0.2) is 0 Å². The fourth-order valence-corrected chi connectivity index (χ4v) is 1.79. The molecule has 2 rings (SSSR count). The van der Waals surface area contributed by atoms with Crippen molar-refractivity contribution in [3.05, 3.63) is 40.3 Å². The number of morpholine rings is 1. The van der Waals surface area contributed by atoms with Crippen LogP contribution < -0.4 is 4.90 Å². The highest BCUT2D eigenvalue weighted by Gasteiger charge is 2.10. The standard InChI is InChI=1S/C11H14N4O/c12-14-13-9-10-2-1-3-11(8-10)15-4-6-16-7-5-15/h1-3,8H,4-7,9H2. The molecule has 5 heteroatoms. The highest BCUT2D eigenvalue weighted by Crippen LogP contribution is 2.17. The third kappa shape index (κ3) is 2.66. The van der Waals surface area contributed by atoms with E-state index in [0.29, 0.717) is 6.54 Å². The quantitative estimate of drug-likeness (QED) is 0.444. The number of anilines is 1. The van der Waals surface area contributed by atoms with Crippen molar-refractivity contribution in [1.29, 1.82) is 0 Å². The highest BCUT2D eigenvalue weighted by atomic mass is 16.5. The maximum atomic E-state index is 8.28. The molecule has 0 atom stereocenters. The van der Waals surface area contributed by atoms with Crippen LogP contribution in [0.1, 0.15) is 5.56 Å². The lowest BCUT2D eigenvalue weighted by Gasteiger charge is -2.29. The Balaban J connectivity index is 2.10. The van der Waals surface area contributed by atoms with Gasteiger partial charge in [-0.15, -0.1) is 0 Å². The molecule has 1 aromatic carbocycles. The Kier molecular flexibility index (Phi) is 3.64. The molecular formula is C11H14N4O. The molecule has 1 heterocycles. The van der Waals surface area contributed by atoms with E-state index in [1.807, 2.05) is 12.1 Å². The third-order valence-electron chi connectivity index (χ3n) is 2.60. The Morgan fingerprint density at radius 2 is 2.19 bits per heavy atom. The molecule has 0 aromatic heterocycles. The fraction of sp³-hybridized carbons (Fsp3) is 0.455. The molecule has 0 radical (unpaired) electrons. The van der Waals surface area contributed by atoms with Crippen molar-refractivity contribution in [3.63, 3.8) is 0 Å². The summed E-state index contributed by atoms with van der Waals surface area (Å²) in [5.74, 6) is 0. The van der Waals surface area contributed by atoms with Crippen LogP contribution in [0.5, 0.6) is 0 Å². The summed E-state index contributed by atoms with van der Waals surface area (Å²) >= 11 is 0. The van der Waals surface area contributed by atoms with Crippen LogP contribution in [0.3, 0.4) is 0 Å². The van der Waals surface area contributed by atoms with Crippen molar-refractivity contribution in [2.75, 3.05) is 31.2 Å². The fourth-order valence-electron chi connectivity index (χ4n) is 1.79. The smallest absolute Gasteiger partial charge is 0.0642 e. The molecule has 5 nitrogen and oxygen atoms in total. The molecule has 0 unspecified atom stereocenters. The Bertz CT molecular complexity index is 395. The number of azide groups is 1. The third-order valence-corrected chi connectivity index (χ3v) is 2.60. The Morgan fingerprint density at radius 1 is 1.38 bits per heavy atom. The first-order valence-corrected chi connectivity index (χ1v) is 5.32. The maximum absolute atomic E-state index is 8.28. The largest absolute Gasteiger partial charge is 0.378 e. The van der Waals surface area contributed by atoms with Gasteiger partial charge in [0, 0.05) is 23.7 Å². The van der Waals surface area contributed by atoms with Crippen molar-refractivity contribution in [3.8, 4) is 0 Å². The minimum absolute atomic E-state index is 0.411. The summed E-state index contributed by atoms with van der Waals surface area (Å²) in [7, 11) is 0. The number of hydrogen-bond donors (Lipinski definition) is 0. The second kappa shape index (κ2) is 5.39. The first-order valence-electron chi connectivity index (χ1n) is 5.32. The maximum Gasteiger partial charge on any atom is 0.0642 e. The monoisotopic (exact) mass is 218 g/mol. The molecule has 0 bridgehead atoms. The van der Waals surface area contributed by atoms with Crippen LogP contribution >= 0.6 is 0 Å². The molecule has 0 amide bonds. The summed E-state index contributed by atoms with van der Waals surface area (Å²) in [6.45, 7) is 3.81. The molecule has 1 aliphatic heterocycles. The number of nitrogens with zero attached hydrogens (tertiary/aromatic N) is 4. The first-order chi connectivity index (χ1) is 7.90. The molecule has 1 fully saturated rings. The Hall–Kier alpha value is -1.71. The van der Waals surface area contributed by atoms with E-state index in [-0.39, 0.29) is 0 Å². The average Bonchev–Trinajstić information content (AvgIpc) is 2.38. The first kappa shape index (κ1) is 10.8. The van der Waals surface area contributed by atoms with Crippen molar-refractivity contribution in [2.45, 2.75) is 6.54 Å². The van der Waals surface area contributed by atoms with Gasteiger partial charge in [0.25, 0.3) is 0 Å². The van der Waals surface area contributed by atoms with Crippen molar-refractivity contribution >= 4 is 5.69 Å². The highest BCUT2D eigenvalue weighted by molar-refractivity contribution is 5.48. The van der Waals surface area contributed by atoms with E-state index in [4.69, 9.17) is 10.3 Å². The van der Waals surface area contributed by atoms with Crippen LogP contribution in [0.15, 0.2) is 29.4 Å². The zero-order chi connectivity index (χ0) is 11.2. The van der Waals surface area contributed by atoms with Crippen LogP contribution in [-0.2, 0) is 11.3 Å².